The Kier molecular flexibility index (Phi) is 10.5. The molecular formula is C43H46Cl2N6O2. The minimum Gasteiger partial charge on any atom is -0.494 e. The summed E-state index contributed by atoms with van der Waals surface area (Å²) in [4.78, 5) is 23.8. The van der Waals surface area contributed by atoms with E-state index < -0.39 is 0 Å². The summed E-state index contributed by atoms with van der Waals surface area (Å²) in [5, 5.41) is 7.17. The van der Waals surface area contributed by atoms with Gasteiger partial charge in [0.1, 0.15) is 11.4 Å². The maximum atomic E-state index is 15.1. The SMILES string of the molecule is Cc1ccc(N2CCN(C(=O)c3c(CCCOc4cc(C)c(Cl)c(C)c4)c4ccc(Cl)c(-c5c(C)nn(C)c5C)c4n3Cc3ccncc3)CC2)cc1. The molecule has 0 saturated carbocycles. The van der Waals surface area contributed by atoms with Gasteiger partial charge < -0.3 is 19.1 Å². The Morgan fingerprint density at radius 2 is 1.53 bits per heavy atom. The Balaban J connectivity index is 1.33. The number of ether oxygens (including phenoxy) is 1. The molecule has 4 heterocycles. The number of piperazine rings is 1. The molecule has 0 bridgehead atoms. The van der Waals surface area contributed by atoms with E-state index in [2.05, 4.69) is 58.6 Å². The number of pyridine rings is 1. The first kappa shape index (κ1) is 36.6. The molecule has 1 aliphatic rings. The van der Waals surface area contributed by atoms with Gasteiger partial charge in [-0.3, -0.25) is 14.5 Å². The number of halogens is 2. The van der Waals surface area contributed by atoms with Crippen molar-refractivity contribution in [3.8, 4) is 16.9 Å². The second-order valence-electron chi connectivity index (χ2n) is 14.2. The third-order valence-corrected chi connectivity index (χ3v) is 11.5. The number of carbonyl (C=O) groups is 1. The van der Waals surface area contributed by atoms with Crippen LogP contribution in [0.2, 0.25) is 10.0 Å². The minimum absolute atomic E-state index is 0.0281. The average molecular weight is 750 g/mol. The second-order valence-corrected chi connectivity index (χ2v) is 15.0. The van der Waals surface area contributed by atoms with E-state index in [9.17, 15) is 0 Å². The van der Waals surface area contributed by atoms with Crippen LogP contribution in [-0.4, -0.2) is 62.9 Å². The van der Waals surface area contributed by atoms with Gasteiger partial charge in [-0.1, -0.05) is 47.0 Å². The smallest absolute Gasteiger partial charge is 0.270 e. The Morgan fingerprint density at radius 1 is 0.849 bits per heavy atom. The summed E-state index contributed by atoms with van der Waals surface area (Å²) in [5.41, 5.74) is 11.9. The van der Waals surface area contributed by atoms with Crippen molar-refractivity contribution in [2.75, 3.05) is 37.7 Å². The van der Waals surface area contributed by atoms with Crippen LogP contribution in [0.4, 0.5) is 5.69 Å². The number of amides is 1. The zero-order valence-electron chi connectivity index (χ0n) is 31.3. The number of carbonyl (C=O) groups excluding carboxylic acids is 1. The van der Waals surface area contributed by atoms with Crippen molar-refractivity contribution in [3.63, 3.8) is 0 Å². The minimum atomic E-state index is 0.0281. The molecule has 8 nitrogen and oxygen atoms in total. The van der Waals surface area contributed by atoms with Crippen molar-refractivity contribution < 1.29 is 9.53 Å². The number of fused-ring (bicyclic) bond motifs is 1. The number of hydrogen-bond acceptors (Lipinski definition) is 5. The molecule has 3 aromatic heterocycles. The zero-order valence-corrected chi connectivity index (χ0v) is 32.9. The predicted octanol–water partition coefficient (Wildman–Crippen LogP) is 9.31. The molecule has 6 aromatic rings. The first-order chi connectivity index (χ1) is 25.5. The van der Waals surface area contributed by atoms with Crippen molar-refractivity contribution in [2.45, 2.75) is 54.0 Å². The highest BCUT2D eigenvalue weighted by molar-refractivity contribution is 6.35. The first-order valence-corrected chi connectivity index (χ1v) is 19.0. The van der Waals surface area contributed by atoms with Crippen LogP contribution in [0.25, 0.3) is 22.0 Å². The van der Waals surface area contributed by atoms with Crippen LogP contribution in [0.1, 0.15) is 56.1 Å². The van der Waals surface area contributed by atoms with Gasteiger partial charge in [-0.2, -0.15) is 5.10 Å². The lowest BCUT2D eigenvalue weighted by atomic mass is 9.98. The van der Waals surface area contributed by atoms with Crippen molar-refractivity contribution in [2.24, 2.45) is 7.05 Å². The van der Waals surface area contributed by atoms with Crippen LogP contribution >= 0.6 is 23.2 Å². The number of aromatic nitrogens is 4. The van der Waals surface area contributed by atoms with Crippen LogP contribution in [-0.2, 0) is 20.0 Å². The lowest BCUT2D eigenvalue weighted by molar-refractivity contribution is 0.0735. The Hall–Kier alpha value is -4.79. The largest absolute Gasteiger partial charge is 0.494 e. The van der Waals surface area contributed by atoms with Crippen molar-refractivity contribution >= 4 is 45.7 Å². The van der Waals surface area contributed by atoms with E-state index in [1.54, 1.807) is 12.4 Å². The molecular weight excluding hydrogens is 703 g/mol. The van der Waals surface area contributed by atoms with E-state index in [0.29, 0.717) is 49.8 Å². The van der Waals surface area contributed by atoms with Crippen molar-refractivity contribution in [1.29, 1.82) is 0 Å². The van der Waals surface area contributed by atoms with Gasteiger partial charge in [0.05, 0.1) is 22.8 Å². The lowest BCUT2D eigenvalue weighted by Gasteiger charge is -2.36. The Labute approximate surface area is 321 Å². The molecule has 7 rings (SSSR count). The topological polar surface area (TPSA) is 68.4 Å². The van der Waals surface area contributed by atoms with Gasteiger partial charge in [-0.05, 0) is 112 Å². The van der Waals surface area contributed by atoms with Crippen LogP contribution < -0.4 is 9.64 Å². The maximum absolute atomic E-state index is 15.1. The second kappa shape index (κ2) is 15.3. The molecule has 53 heavy (non-hydrogen) atoms. The van der Waals surface area contributed by atoms with Gasteiger partial charge in [-0.25, -0.2) is 0 Å². The van der Waals surface area contributed by atoms with Crippen molar-refractivity contribution in [3.05, 3.63) is 128 Å². The number of aryl methyl sites for hydroxylation is 6. The number of nitrogens with zero attached hydrogens (tertiary/aromatic N) is 6. The quantitative estimate of drug-likeness (QED) is 0.131. The monoisotopic (exact) mass is 748 g/mol. The van der Waals surface area contributed by atoms with Gasteiger partial charge >= 0.3 is 0 Å². The Bertz CT molecular complexity index is 2260. The van der Waals surface area contributed by atoms with Gasteiger partial charge in [0.25, 0.3) is 5.91 Å². The van der Waals surface area contributed by atoms with Gasteiger partial charge in [-0.15, -0.1) is 0 Å². The summed E-state index contributed by atoms with van der Waals surface area (Å²) in [5.74, 6) is 0.823. The van der Waals surface area contributed by atoms with E-state index >= 15 is 4.79 Å². The number of benzene rings is 3. The fourth-order valence-corrected chi connectivity index (χ4v) is 8.05. The van der Waals surface area contributed by atoms with Gasteiger partial charge in [0.2, 0.25) is 0 Å². The molecule has 0 unspecified atom stereocenters. The third kappa shape index (κ3) is 7.27. The molecule has 274 valence electrons. The molecule has 10 heteroatoms. The highest BCUT2D eigenvalue weighted by Gasteiger charge is 2.32. The molecule has 0 radical (unpaired) electrons. The molecule has 3 aromatic carbocycles. The summed E-state index contributed by atoms with van der Waals surface area (Å²) in [6.07, 6.45) is 4.95. The Morgan fingerprint density at radius 3 is 2.17 bits per heavy atom. The van der Waals surface area contributed by atoms with Gasteiger partial charge in [0, 0.05) is 85.1 Å². The predicted molar refractivity (Wildman–Crippen MR) is 216 cm³/mol. The standard InChI is InChI=1S/C43H46Cl2N6O2/c1-27-9-11-33(12-10-27)49-19-21-50(22-20-49)43(52)42-35(8-7-23-53-34-24-28(2)40(45)29(3)25-34)36-13-14-37(44)39(38-30(4)47-48(6)31(38)5)41(36)51(42)26-32-15-17-46-18-16-32/h9-18,24-25H,7-8,19-23,26H2,1-6H3. The summed E-state index contributed by atoms with van der Waals surface area (Å²) >= 11 is 13.6. The maximum Gasteiger partial charge on any atom is 0.270 e. The van der Waals surface area contributed by atoms with Crippen LogP contribution in [0.15, 0.2) is 73.1 Å². The molecule has 1 amide bonds. The van der Waals surface area contributed by atoms with E-state index in [0.717, 1.165) is 79.5 Å². The third-order valence-electron chi connectivity index (χ3n) is 10.5. The zero-order chi connectivity index (χ0) is 37.4. The summed E-state index contributed by atoms with van der Waals surface area (Å²) < 4.78 is 10.4. The first-order valence-electron chi connectivity index (χ1n) is 18.2. The van der Waals surface area contributed by atoms with E-state index in [1.165, 1.54) is 11.3 Å². The van der Waals surface area contributed by atoms with Crippen LogP contribution in [0.5, 0.6) is 5.75 Å². The molecule has 0 atom stereocenters. The van der Waals surface area contributed by atoms with Crippen LogP contribution in [0, 0.1) is 34.6 Å². The molecule has 1 aliphatic heterocycles. The highest BCUT2D eigenvalue weighted by atomic mass is 35.5. The molecule has 0 aliphatic carbocycles. The highest BCUT2D eigenvalue weighted by Crippen LogP contribution is 2.43. The fourth-order valence-electron chi connectivity index (χ4n) is 7.69. The lowest BCUT2D eigenvalue weighted by Crippen LogP contribution is -2.49. The summed E-state index contributed by atoms with van der Waals surface area (Å²) in [7, 11) is 1.95. The number of hydrogen-bond donors (Lipinski definition) is 0. The molecule has 0 spiro atoms. The van der Waals surface area contributed by atoms with E-state index in [4.69, 9.17) is 33.0 Å². The number of anilines is 1. The molecule has 1 saturated heterocycles. The molecule has 1 fully saturated rings. The van der Waals surface area contributed by atoms with E-state index in [-0.39, 0.29) is 5.91 Å². The van der Waals surface area contributed by atoms with E-state index in [1.807, 2.05) is 67.7 Å². The fraction of sp³-hybridized carbons (Fsp3) is 0.326. The number of rotatable bonds is 10. The van der Waals surface area contributed by atoms with Crippen molar-refractivity contribution in [1.82, 2.24) is 24.2 Å². The molecule has 0 N–H and O–H groups in total. The van der Waals surface area contributed by atoms with Gasteiger partial charge in [0.15, 0.2) is 0 Å². The average Bonchev–Trinajstić information content (AvgIpc) is 3.59. The van der Waals surface area contributed by atoms with Crippen LogP contribution in [0.3, 0.4) is 0 Å². The summed E-state index contributed by atoms with van der Waals surface area (Å²) in [6, 6.07) is 20.6. The summed E-state index contributed by atoms with van der Waals surface area (Å²) in [6.45, 7) is 13.9. The normalized spacial score (nSPS) is 13.3.